The Morgan fingerprint density at radius 2 is 0.319 bits per heavy atom. The Labute approximate surface area is 315 Å². The van der Waals surface area contributed by atoms with Gasteiger partial charge in [-0.05, 0) is 23.6 Å². The second kappa shape index (κ2) is 49.7. The van der Waals surface area contributed by atoms with Gasteiger partial charge in [0.15, 0.2) is 0 Å². The van der Waals surface area contributed by atoms with Gasteiger partial charge in [0.2, 0.25) is 0 Å². The number of hydrogen-bond acceptors (Lipinski definition) is 2. The summed E-state index contributed by atoms with van der Waals surface area (Å²) in [5, 5.41) is 0. The summed E-state index contributed by atoms with van der Waals surface area (Å²) in [6, 6.07) is 0. The second-order valence-electron chi connectivity index (χ2n) is 12.9. The summed E-state index contributed by atoms with van der Waals surface area (Å²) in [6.45, 7) is 1.56. The van der Waals surface area contributed by atoms with E-state index in [2.05, 4.69) is 51.3 Å². The fraction of sp³-hybridized carbons (Fsp3) is 1.00. The third-order valence-corrected chi connectivity index (χ3v) is 7.91. The zero-order valence-electron chi connectivity index (χ0n) is 31.3. The van der Waals surface area contributed by atoms with Crippen LogP contribution < -0.4 is 0 Å². The Morgan fingerprint density at radius 3 is 0.383 bits per heavy atom. The molecule has 6 nitrogen and oxygen atoms in total. The molecule has 0 aliphatic heterocycles. The van der Waals surface area contributed by atoms with Crippen molar-refractivity contribution < 1.29 is 46.4 Å². The summed E-state index contributed by atoms with van der Waals surface area (Å²) >= 11 is 7.21. The summed E-state index contributed by atoms with van der Waals surface area (Å²) in [5.41, 5.74) is 0. The third-order valence-electron chi connectivity index (χ3n) is 7.91. The molecule has 0 bridgehead atoms. The summed E-state index contributed by atoms with van der Waals surface area (Å²) in [4.78, 5) is 45.3. The first-order chi connectivity index (χ1) is 21.8. The number of unbranched alkanes of at least 4 members (excludes halogenated alkanes) is 30. The maximum Gasteiger partial charge on any atom is 0.319 e. The summed E-state index contributed by atoms with van der Waals surface area (Å²) in [5.74, 6) is 0. The van der Waals surface area contributed by atoms with Gasteiger partial charge in [0.1, 0.15) is 0 Å². The van der Waals surface area contributed by atoms with Crippen LogP contribution in [0, 0.1) is 0 Å². The fourth-order valence-electron chi connectivity index (χ4n) is 5.24. The van der Waals surface area contributed by atoms with E-state index in [1.165, 1.54) is 205 Å². The van der Waals surface area contributed by atoms with Crippen LogP contribution in [0.5, 0.6) is 0 Å². The molecule has 47 heavy (non-hydrogen) atoms. The molecular formula is C36H82CuO6P2S2. The maximum absolute atomic E-state index is 7.56. The van der Waals surface area contributed by atoms with Crippen LogP contribution in [-0.4, -0.2) is 29.4 Å². The topological polar surface area (TPSA) is 121 Å². The molecule has 0 amide bonds. The van der Waals surface area contributed by atoms with Crippen LogP contribution in [0.2, 0.25) is 0 Å². The molecule has 0 aliphatic rings. The molecule has 0 aliphatic carbocycles. The molecule has 1 radical (unpaired) electrons. The standard InChI is InChI=1S/2C18H38.Cu.2H3O3PS/c2*1-3-5-7-9-11-13-15-17-18-16-14-12-10-8-6-4-2;;2*1-4(2,3)5/h2*3-18H2,1-2H3;;2*(H3,1,2,3,5). The molecule has 0 saturated heterocycles. The first-order valence-electron chi connectivity index (χ1n) is 19.4. The minimum Gasteiger partial charge on any atom is -0.325 e. The number of rotatable bonds is 30. The van der Waals surface area contributed by atoms with E-state index in [0.717, 1.165) is 0 Å². The average Bonchev–Trinajstić information content (AvgIpc) is 2.96. The van der Waals surface area contributed by atoms with E-state index < -0.39 is 13.4 Å². The van der Waals surface area contributed by atoms with Gasteiger partial charge in [-0.25, -0.2) is 0 Å². The minimum atomic E-state index is -3.81. The molecule has 6 N–H and O–H groups in total. The van der Waals surface area contributed by atoms with Gasteiger partial charge in [-0.2, -0.15) is 0 Å². The van der Waals surface area contributed by atoms with Gasteiger partial charge in [-0.1, -0.05) is 233 Å². The van der Waals surface area contributed by atoms with Crippen molar-refractivity contribution in [2.24, 2.45) is 0 Å². The molecule has 0 aromatic carbocycles. The van der Waals surface area contributed by atoms with Crippen LogP contribution >= 0.6 is 13.4 Å². The van der Waals surface area contributed by atoms with Gasteiger partial charge in [0, 0.05) is 17.1 Å². The molecule has 11 heteroatoms. The van der Waals surface area contributed by atoms with E-state index in [9.17, 15) is 0 Å². The van der Waals surface area contributed by atoms with Crippen LogP contribution in [0.3, 0.4) is 0 Å². The summed E-state index contributed by atoms with van der Waals surface area (Å²) < 4.78 is 0. The zero-order chi connectivity index (χ0) is 35.6. The normalized spacial score (nSPS) is 10.9. The number of hydrogen-bond donors (Lipinski definition) is 6. The Bertz CT molecular complexity index is 524. The van der Waals surface area contributed by atoms with Gasteiger partial charge in [0.05, 0.1) is 0 Å². The van der Waals surface area contributed by atoms with E-state index >= 15 is 0 Å². The Hall–Kier alpha value is 1.58. The maximum atomic E-state index is 7.56. The first kappa shape index (κ1) is 57.9. The van der Waals surface area contributed by atoms with Gasteiger partial charge in [0.25, 0.3) is 0 Å². The van der Waals surface area contributed by atoms with Gasteiger partial charge < -0.3 is 29.4 Å². The molecule has 0 atom stereocenters. The van der Waals surface area contributed by atoms with Crippen LogP contribution in [0.4, 0.5) is 0 Å². The SMILES string of the molecule is CCCCCCCCCCCCCCCCCC.CCCCCCCCCCCCCCCCCC.OP(O)(O)=S.OP(O)(O)=S.[Cu]. The third kappa shape index (κ3) is 99.1. The van der Waals surface area contributed by atoms with Crippen molar-refractivity contribution in [3.05, 3.63) is 0 Å². The molecule has 0 saturated carbocycles. The van der Waals surface area contributed by atoms with Gasteiger partial charge >= 0.3 is 13.4 Å². The van der Waals surface area contributed by atoms with Gasteiger partial charge in [-0.15, -0.1) is 0 Å². The molecule has 0 fully saturated rings. The van der Waals surface area contributed by atoms with E-state index in [4.69, 9.17) is 29.4 Å². The molecule has 0 spiro atoms. The van der Waals surface area contributed by atoms with E-state index in [-0.39, 0.29) is 17.1 Å². The van der Waals surface area contributed by atoms with E-state index in [1.807, 2.05) is 0 Å². The summed E-state index contributed by atoms with van der Waals surface area (Å²) in [6.07, 6.45) is 46.8. The fourth-order valence-corrected chi connectivity index (χ4v) is 5.24. The zero-order valence-corrected chi connectivity index (χ0v) is 35.7. The van der Waals surface area contributed by atoms with Crippen molar-refractivity contribution in [1.29, 1.82) is 0 Å². The summed E-state index contributed by atoms with van der Waals surface area (Å²) in [7, 11) is 0. The van der Waals surface area contributed by atoms with Crippen LogP contribution in [0.15, 0.2) is 0 Å². The molecule has 0 unspecified atom stereocenters. The molecule has 0 aromatic heterocycles. The molecule has 0 aromatic rings. The van der Waals surface area contributed by atoms with Crippen LogP contribution in [0.1, 0.15) is 233 Å². The molecular weight excluding hydrogens is 718 g/mol. The van der Waals surface area contributed by atoms with E-state index in [0.29, 0.717) is 0 Å². The van der Waals surface area contributed by atoms with Crippen molar-refractivity contribution in [2.45, 2.75) is 233 Å². The van der Waals surface area contributed by atoms with Crippen molar-refractivity contribution in [2.75, 3.05) is 0 Å². The molecule has 295 valence electrons. The molecule has 0 heterocycles. The van der Waals surface area contributed by atoms with Crippen molar-refractivity contribution >= 4 is 37.1 Å². The van der Waals surface area contributed by atoms with E-state index in [1.54, 1.807) is 0 Å². The predicted molar refractivity (Wildman–Crippen MR) is 212 cm³/mol. The largest absolute Gasteiger partial charge is 0.325 e. The Morgan fingerprint density at radius 1 is 0.255 bits per heavy atom. The van der Waals surface area contributed by atoms with Crippen molar-refractivity contribution in [3.63, 3.8) is 0 Å². The quantitative estimate of drug-likeness (QED) is 0.0241. The Balaban J connectivity index is -0.000000191. The molecule has 0 rings (SSSR count). The smallest absolute Gasteiger partial charge is 0.319 e. The van der Waals surface area contributed by atoms with Crippen LogP contribution in [0.25, 0.3) is 0 Å². The van der Waals surface area contributed by atoms with Crippen molar-refractivity contribution in [3.8, 4) is 0 Å². The monoisotopic (exact) mass is 799 g/mol. The Kier molecular flexibility index (Phi) is 61.2. The van der Waals surface area contributed by atoms with Crippen LogP contribution in [-0.2, 0) is 40.7 Å². The first-order valence-corrected chi connectivity index (χ1v) is 24.7. The average molecular weight is 801 g/mol. The minimum absolute atomic E-state index is 0. The van der Waals surface area contributed by atoms with Gasteiger partial charge in [-0.3, -0.25) is 0 Å². The second-order valence-corrected chi connectivity index (χ2v) is 17.9. The van der Waals surface area contributed by atoms with Crippen molar-refractivity contribution in [1.82, 2.24) is 0 Å². The predicted octanol–water partition coefficient (Wildman–Crippen LogP) is 12.9.